The molecule has 1 aliphatic rings. The summed E-state index contributed by atoms with van der Waals surface area (Å²) >= 11 is 0. The van der Waals surface area contributed by atoms with Crippen molar-refractivity contribution in [1.82, 2.24) is 5.32 Å². The Balaban J connectivity index is 1.48. The van der Waals surface area contributed by atoms with Crippen molar-refractivity contribution in [2.24, 2.45) is 0 Å². The van der Waals surface area contributed by atoms with E-state index in [0.29, 0.717) is 19.4 Å². The van der Waals surface area contributed by atoms with E-state index in [2.05, 4.69) is 34.9 Å². The number of alkyl carbamates (subject to hydrolysis) is 1. The summed E-state index contributed by atoms with van der Waals surface area (Å²) in [6.07, 6.45) is 1.37. The van der Waals surface area contributed by atoms with Gasteiger partial charge < -0.3 is 15.4 Å². The van der Waals surface area contributed by atoms with Gasteiger partial charge in [0.1, 0.15) is 5.60 Å². The van der Waals surface area contributed by atoms with Gasteiger partial charge >= 0.3 is 6.09 Å². The zero-order valence-electron chi connectivity index (χ0n) is 16.1. The maximum absolute atomic E-state index is 12.2. The van der Waals surface area contributed by atoms with Gasteiger partial charge in [-0.1, -0.05) is 30.3 Å². The fourth-order valence-electron chi connectivity index (χ4n) is 3.18. The largest absolute Gasteiger partial charge is 0.444 e. The SMILES string of the molecule is CC(C)(C)OC(=O)NCCCC(=O)Nc1ccc2c(c1)-c1ccccc1C2. The highest BCUT2D eigenvalue weighted by Crippen LogP contribution is 2.37. The monoisotopic (exact) mass is 366 g/mol. The number of carbonyl (C=O) groups is 2. The predicted octanol–water partition coefficient (Wildman–Crippen LogP) is 4.50. The number of ether oxygens (including phenoxy) is 1. The molecule has 2 aromatic carbocycles. The van der Waals surface area contributed by atoms with E-state index in [1.807, 2.05) is 39.0 Å². The molecule has 0 unspecified atom stereocenters. The number of nitrogens with one attached hydrogen (secondary N) is 2. The first kappa shape index (κ1) is 19.0. The van der Waals surface area contributed by atoms with Gasteiger partial charge in [0.15, 0.2) is 0 Å². The Labute approximate surface area is 160 Å². The summed E-state index contributed by atoms with van der Waals surface area (Å²) in [6.45, 7) is 5.85. The summed E-state index contributed by atoms with van der Waals surface area (Å²) in [4.78, 5) is 23.7. The van der Waals surface area contributed by atoms with Gasteiger partial charge in [-0.05, 0) is 68.0 Å². The average molecular weight is 366 g/mol. The van der Waals surface area contributed by atoms with Gasteiger partial charge in [0, 0.05) is 18.7 Å². The Kier molecular flexibility index (Phi) is 5.49. The highest BCUT2D eigenvalue weighted by Gasteiger charge is 2.18. The molecule has 0 heterocycles. The number of anilines is 1. The zero-order valence-corrected chi connectivity index (χ0v) is 16.1. The molecule has 3 rings (SSSR count). The van der Waals surface area contributed by atoms with Crippen molar-refractivity contribution in [2.45, 2.75) is 45.6 Å². The molecule has 1 aliphatic carbocycles. The molecule has 0 saturated carbocycles. The van der Waals surface area contributed by atoms with E-state index in [-0.39, 0.29) is 5.91 Å². The first-order chi connectivity index (χ1) is 12.8. The Morgan fingerprint density at radius 2 is 1.78 bits per heavy atom. The second-order valence-electron chi connectivity index (χ2n) is 7.79. The van der Waals surface area contributed by atoms with Gasteiger partial charge in [0.25, 0.3) is 0 Å². The molecule has 0 radical (unpaired) electrons. The Morgan fingerprint density at radius 1 is 1.04 bits per heavy atom. The number of benzene rings is 2. The van der Waals surface area contributed by atoms with Crippen LogP contribution in [0.25, 0.3) is 11.1 Å². The molecule has 0 aliphatic heterocycles. The first-order valence-corrected chi connectivity index (χ1v) is 9.30. The minimum absolute atomic E-state index is 0.0628. The lowest BCUT2D eigenvalue weighted by Crippen LogP contribution is -2.33. The minimum atomic E-state index is -0.520. The summed E-state index contributed by atoms with van der Waals surface area (Å²) in [6, 6.07) is 14.4. The van der Waals surface area contributed by atoms with E-state index in [1.54, 1.807) is 0 Å². The minimum Gasteiger partial charge on any atom is -0.444 e. The van der Waals surface area contributed by atoms with E-state index in [1.165, 1.54) is 22.3 Å². The Bertz CT molecular complexity index is 853. The quantitative estimate of drug-likeness (QED) is 0.653. The van der Waals surface area contributed by atoms with Crippen molar-refractivity contribution in [2.75, 3.05) is 11.9 Å². The van der Waals surface area contributed by atoms with E-state index >= 15 is 0 Å². The van der Waals surface area contributed by atoms with Gasteiger partial charge in [-0.25, -0.2) is 4.79 Å². The standard InChI is InChI=1S/C22H26N2O3/c1-22(2,3)27-21(26)23-12-6-9-20(25)24-17-11-10-16-13-15-7-4-5-8-18(15)19(16)14-17/h4-5,7-8,10-11,14H,6,9,12-13H2,1-3H3,(H,23,26)(H,24,25). The maximum atomic E-state index is 12.2. The Morgan fingerprint density at radius 3 is 2.56 bits per heavy atom. The normalized spacial score (nSPS) is 12.1. The van der Waals surface area contributed by atoms with Crippen LogP contribution in [0, 0.1) is 0 Å². The van der Waals surface area contributed by atoms with Gasteiger partial charge in [-0.3, -0.25) is 4.79 Å². The zero-order chi connectivity index (χ0) is 19.4. The molecule has 0 fully saturated rings. The van der Waals surface area contributed by atoms with E-state index in [4.69, 9.17) is 4.74 Å². The molecule has 5 nitrogen and oxygen atoms in total. The lowest BCUT2D eigenvalue weighted by atomic mass is 10.1. The molecule has 5 heteroatoms. The van der Waals surface area contributed by atoms with Crippen molar-refractivity contribution in [3.63, 3.8) is 0 Å². The summed E-state index contributed by atoms with van der Waals surface area (Å²) in [7, 11) is 0. The van der Waals surface area contributed by atoms with Crippen molar-refractivity contribution in [3.05, 3.63) is 53.6 Å². The van der Waals surface area contributed by atoms with Crippen LogP contribution in [0.3, 0.4) is 0 Å². The van der Waals surface area contributed by atoms with Crippen molar-refractivity contribution in [1.29, 1.82) is 0 Å². The van der Waals surface area contributed by atoms with E-state index in [0.717, 1.165) is 12.1 Å². The number of amides is 2. The van der Waals surface area contributed by atoms with Gasteiger partial charge in [-0.2, -0.15) is 0 Å². The molecule has 2 amide bonds. The molecular weight excluding hydrogens is 340 g/mol. The average Bonchev–Trinajstić information content (AvgIpc) is 2.95. The highest BCUT2D eigenvalue weighted by atomic mass is 16.6. The van der Waals surface area contributed by atoms with Gasteiger partial charge in [0.05, 0.1) is 0 Å². The first-order valence-electron chi connectivity index (χ1n) is 9.30. The smallest absolute Gasteiger partial charge is 0.407 e. The molecule has 27 heavy (non-hydrogen) atoms. The van der Waals surface area contributed by atoms with Crippen LogP contribution in [0.5, 0.6) is 0 Å². The second kappa shape index (κ2) is 7.82. The molecule has 2 aromatic rings. The molecule has 0 atom stereocenters. The third kappa shape index (κ3) is 5.09. The number of fused-ring (bicyclic) bond motifs is 3. The van der Waals surface area contributed by atoms with Crippen LogP contribution < -0.4 is 10.6 Å². The van der Waals surface area contributed by atoms with Crippen LogP contribution in [0.2, 0.25) is 0 Å². The topological polar surface area (TPSA) is 67.4 Å². The van der Waals surface area contributed by atoms with Crippen molar-refractivity contribution in [3.8, 4) is 11.1 Å². The van der Waals surface area contributed by atoms with Crippen LogP contribution in [-0.4, -0.2) is 24.1 Å². The number of hydrogen-bond acceptors (Lipinski definition) is 3. The van der Waals surface area contributed by atoms with E-state index < -0.39 is 11.7 Å². The van der Waals surface area contributed by atoms with Gasteiger partial charge in [0.2, 0.25) is 5.91 Å². The lowest BCUT2D eigenvalue weighted by molar-refractivity contribution is -0.116. The molecule has 0 aromatic heterocycles. The lowest BCUT2D eigenvalue weighted by Gasteiger charge is -2.19. The molecule has 0 saturated heterocycles. The van der Waals surface area contributed by atoms with Crippen LogP contribution >= 0.6 is 0 Å². The predicted molar refractivity (Wildman–Crippen MR) is 107 cm³/mol. The molecular formula is C22H26N2O3. The fourth-order valence-corrected chi connectivity index (χ4v) is 3.18. The van der Waals surface area contributed by atoms with Crippen LogP contribution in [0.15, 0.2) is 42.5 Å². The number of carbonyl (C=O) groups excluding carboxylic acids is 2. The van der Waals surface area contributed by atoms with Crippen LogP contribution in [0.4, 0.5) is 10.5 Å². The summed E-state index contributed by atoms with van der Waals surface area (Å²) in [5.41, 5.74) is 5.32. The number of rotatable bonds is 5. The summed E-state index contributed by atoms with van der Waals surface area (Å²) < 4.78 is 5.16. The fraction of sp³-hybridized carbons (Fsp3) is 0.364. The summed E-state index contributed by atoms with van der Waals surface area (Å²) in [5, 5.41) is 5.61. The van der Waals surface area contributed by atoms with Crippen molar-refractivity contribution < 1.29 is 14.3 Å². The molecule has 0 spiro atoms. The maximum Gasteiger partial charge on any atom is 0.407 e. The number of hydrogen-bond donors (Lipinski definition) is 2. The van der Waals surface area contributed by atoms with Gasteiger partial charge in [-0.15, -0.1) is 0 Å². The molecule has 2 N–H and O–H groups in total. The third-order valence-corrected chi connectivity index (χ3v) is 4.33. The van der Waals surface area contributed by atoms with Crippen molar-refractivity contribution >= 4 is 17.7 Å². The third-order valence-electron chi connectivity index (χ3n) is 4.33. The molecule has 142 valence electrons. The highest BCUT2D eigenvalue weighted by molar-refractivity contribution is 5.92. The van der Waals surface area contributed by atoms with Crippen LogP contribution in [-0.2, 0) is 16.0 Å². The van der Waals surface area contributed by atoms with Crippen LogP contribution in [0.1, 0.15) is 44.7 Å². The van der Waals surface area contributed by atoms with E-state index in [9.17, 15) is 9.59 Å². The second-order valence-corrected chi connectivity index (χ2v) is 7.79. The molecule has 0 bridgehead atoms. The Hall–Kier alpha value is -2.82. The summed E-state index contributed by atoms with van der Waals surface area (Å²) in [5.74, 6) is -0.0628.